The van der Waals surface area contributed by atoms with Gasteiger partial charge in [0.05, 0.1) is 0 Å². The summed E-state index contributed by atoms with van der Waals surface area (Å²) in [4.78, 5) is 4.32. The van der Waals surface area contributed by atoms with Crippen LogP contribution in [0.2, 0.25) is 0 Å². The van der Waals surface area contributed by atoms with Crippen LogP contribution in [0.4, 0.5) is 5.82 Å². The molecule has 0 amide bonds. The first-order valence-electron chi connectivity index (χ1n) is 7.39. The molecule has 0 spiro atoms. The summed E-state index contributed by atoms with van der Waals surface area (Å²) in [5.41, 5.74) is 0. The third-order valence-corrected chi connectivity index (χ3v) is 4.92. The second-order valence-electron chi connectivity index (χ2n) is 5.22. The van der Waals surface area contributed by atoms with Crippen molar-refractivity contribution < 1.29 is 13.2 Å². The number of aromatic nitrogens is 1. The Morgan fingerprint density at radius 3 is 2.86 bits per heavy atom. The number of ether oxygens (including phenoxy) is 1. The lowest BCUT2D eigenvalue weighted by Gasteiger charge is -2.10. The highest BCUT2D eigenvalue weighted by molar-refractivity contribution is 7.89. The van der Waals surface area contributed by atoms with Gasteiger partial charge in [0.25, 0.3) is 0 Å². The Hall–Kier alpha value is -1.18. The molecule has 0 radical (unpaired) electrons. The molecule has 1 aromatic heterocycles. The van der Waals surface area contributed by atoms with E-state index < -0.39 is 10.0 Å². The van der Waals surface area contributed by atoms with E-state index in [2.05, 4.69) is 21.9 Å². The van der Waals surface area contributed by atoms with E-state index in [0.29, 0.717) is 18.3 Å². The van der Waals surface area contributed by atoms with Crippen LogP contribution in [-0.2, 0) is 14.8 Å². The van der Waals surface area contributed by atoms with Crippen LogP contribution in [0.15, 0.2) is 23.2 Å². The van der Waals surface area contributed by atoms with Crippen molar-refractivity contribution in [2.24, 2.45) is 5.92 Å². The molecule has 6 nitrogen and oxygen atoms in total. The minimum atomic E-state index is -3.47. The molecule has 2 rings (SSSR count). The molecule has 1 atom stereocenters. The van der Waals surface area contributed by atoms with E-state index in [1.54, 1.807) is 12.1 Å². The zero-order chi connectivity index (χ0) is 15.1. The Morgan fingerprint density at radius 1 is 1.38 bits per heavy atom. The van der Waals surface area contributed by atoms with Crippen LogP contribution in [-0.4, -0.2) is 39.7 Å². The van der Waals surface area contributed by atoms with Gasteiger partial charge in [0, 0.05) is 32.5 Å². The van der Waals surface area contributed by atoms with Gasteiger partial charge in [0.1, 0.15) is 10.7 Å². The molecule has 1 unspecified atom stereocenters. The Morgan fingerprint density at radius 2 is 2.24 bits per heavy atom. The minimum absolute atomic E-state index is 0.201. The first-order valence-corrected chi connectivity index (χ1v) is 8.87. The molecular weight excluding hydrogens is 290 g/mol. The van der Waals surface area contributed by atoms with E-state index in [1.165, 1.54) is 6.20 Å². The monoisotopic (exact) mass is 313 g/mol. The quantitative estimate of drug-likeness (QED) is 0.762. The first kappa shape index (κ1) is 16.2. The fourth-order valence-corrected chi connectivity index (χ4v) is 3.18. The molecule has 1 aromatic rings. The number of anilines is 1. The van der Waals surface area contributed by atoms with Crippen molar-refractivity contribution in [3.8, 4) is 0 Å². The van der Waals surface area contributed by atoms with Gasteiger partial charge in [0.2, 0.25) is 10.0 Å². The summed E-state index contributed by atoms with van der Waals surface area (Å²) in [7, 11) is -3.47. The molecule has 0 bridgehead atoms. The van der Waals surface area contributed by atoms with Gasteiger partial charge in [-0.05, 0) is 37.3 Å². The zero-order valence-corrected chi connectivity index (χ0v) is 13.2. The molecule has 0 saturated carbocycles. The molecule has 2 heterocycles. The number of pyridine rings is 1. The molecule has 118 valence electrons. The van der Waals surface area contributed by atoms with Crippen LogP contribution < -0.4 is 10.0 Å². The van der Waals surface area contributed by atoms with E-state index >= 15 is 0 Å². The predicted molar refractivity (Wildman–Crippen MR) is 81.7 cm³/mol. The second-order valence-corrected chi connectivity index (χ2v) is 6.99. The largest absolute Gasteiger partial charge is 0.381 e. The first-order chi connectivity index (χ1) is 10.1. The SMILES string of the molecule is CCCNc1ccc(S(=O)(=O)NCCC2CCOC2)cn1. The highest BCUT2D eigenvalue weighted by atomic mass is 32.2. The minimum Gasteiger partial charge on any atom is -0.381 e. The van der Waals surface area contributed by atoms with Gasteiger partial charge < -0.3 is 10.1 Å². The van der Waals surface area contributed by atoms with Gasteiger partial charge in [-0.1, -0.05) is 6.92 Å². The maximum Gasteiger partial charge on any atom is 0.242 e. The Kier molecular flexibility index (Phi) is 5.96. The standard InChI is InChI=1S/C14H23N3O3S/c1-2-7-15-14-4-3-13(10-16-14)21(18,19)17-8-5-12-6-9-20-11-12/h3-4,10,12,17H,2,5-9,11H2,1H3,(H,15,16). The average Bonchev–Trinajstić information content (AvgIpc) is 2.98. The average molecular weight is 313 g/mol. The van der Waals surface area contributed by atoms with Crippen LogP contribution in [0.1, 0.15) is 26.2 Å². The lowest BCUT2D eigenvalue weighted by molar-refractivity contribution is 0.184. The number of hydrogen-bond acceptors (Lipinski definition) is 5. The van der Waals surface area contributed by atoms with E-state index in [-0.39, 0.29) is 4.90 Å². The topological polar surface area (TPSA) is 80.3 Å². The number of nitrogens with zero attached hydrogens (tertiary/aromatic N) is 1. The van der Waals surface area contributed by atoms with Crippen LogP contribution >= 0.6 is 0 Å². The summed E-state index contributed by atoms with van der Waals surface area (Å²) in [6.45, 7) is 4.84. The van der Waals surface area contributed by atoms with Crippen molar-refractivity contribution in [3.05, 3.63) is 18.3 Å². The second kappa shape index (κ2) is 7.72. The maximum atomic E-state index is 12.1. The normalized spacial score (nSPS) is 18.8. The van der Waals surface area contributed by atoms with Crippen LogP contribution in [0.25, 0.3) is 0 Å². The third kappa shape index (κ3) is 4.94. The number of nitrogens with one attached hydrogen (secondary N) is 2. The number of hydrogen-bond donors (Lipinski definition) is 2. The van der Waals surface area contributed by atoms with Gasteiger partial charge in [-0.15, -0.1) is 0 Å². The van der Waals surface area contributed by atoms with Crippen molar-refractivity contribution in [3.63, 3.8) is 0 Å². The van der Waals surface area contributed by atoms with Gasteiger partial charge in [-0.3, -0.25) is 0 Å². The molecule has 1 saturated heterocycles. The zero-order valence-electron chi connectivity index (χ0n) is 12.3. The fraction of sp³-hybridized carbons (Fsp3) is 0.643. The molecule has 7 heteroatoms. The van der Waals surface area contributed by atoms with Crippen molar-refractivity contribution in [2.75, 3.05) is 31.6 Å². The van der Waals surface area contributed by atoms with Gasteiger partial charge in [-0.2, -0.15) is 0 Å². The van der Waals surface area contributed by atoms with E-state index in [1.807, 2.05) is 0 Å². The van der Waals surface area contributed by atoms with Gasteiger partial charge >= 0.3 is 0 Å². The molecule has 1 fully saturated rings. The highest BCUT2D eigenvalue weighted by Crippen LogP contribution is 2.16. The molecule has 0 aromatic carbocycles. The van der Waals surface area contributed by atoms with Crippen molar-refractivity contribution in [2.45, 2.75) is 31.1 Å². The van der Waals surface area contributed by atoms with Crippen LogP contribution in [0.5, 0.6) is 0 Å². The molecule has 0 aliphatic carbocycles. The number of rotatable bonds is 8. The summed E-state index contributed by atoms with van der Waals surface area (Å²) in [5, 5.41) is 3.11. The summed E-state index contributed by atoms with van der Waals surface area (Å²) in [5.74, 6) is 1.16. The molecule has 21 heavy (non-hydrogen) atoms. The van der Waals surface area contributed by atoms with E-state index in [0.717, 1.165) is 39.0 Å². The summed E-state index contributed by atoms with van der Waals surface area (Å²) >= 11 is 0. The van der Waals surface area contributed by atoms with Crippen molar-refractivity contribution >= 4 is 15.8 Å². The molecule has 1 aliphatic heterocycles. The Bertz CT molecular complexity index is 525. The Balaban J connectivity index is 1.85. The lowest BCUT2D eigenvalue weighted by atomic mass is 10.1. The van der Waals surface area contributed by atoms with Crippen molar-refractivity contribution in [1.82, 2.24) is 9.71 Å². The van der Waals surface area contributed by atoms with Gasteiger partial charge in [0.15, 0.2) is 0 Å². The smallest absolute Gasteiger partial charge is 0.242 e. The summed E-state index contributed by atoms with van der Waals surface area (Å²) in [6, 6.07) is 3.26. The summed E-state index contributed by atoms with van der Waals surface area (Å²) < 4.78 is 32.2. The fourth-order valence-electron chi connectivity index (χ4n) is 2.19. The van der Waals surface area contributed by atoms with Gasteiger partial charge in [-0.25, -0.2) is 18.1 Å². The summed E-state index contributed by atoms with van der Waals surface area (Å²) in [6.07, 6.45) is 4.21. The number of sulfonamides is 1. The highest BCUT2D eigenvalue weighted by Gasteiger charge is 2.18. The predicted octanol–water partition coefficient (Wildman–Crippen LogP) is 1.61. The molecular formula is C14H23N3O3S. The molecule has 2 N–H and O–H groups in total. The van der Waals surface area contributed by atoms with Crippen molar-refractivity contribution in [1.29, 1.82) is 0 Å². The lowest BCUT2D eigenvalue weighted by Crippen LogP contribution is -2.26. The Labute approximate surface area is 126 Å². The maximum absolute atomic E-state index is 12.1. The van der Waals surface area contributed by atoms with E-state index in [9.17, 15) is 8.42 Å². The third-order valence-electron chi connectivity index (χ3n) is 3.47. The van der Waals surface area contributed by atoms with Crippen LogP contribution in [0.3, 0.4) is 0 Å². The van der Waals surface area contributed by atoms with E-state index in [4.69, 9.17) is 4.74 Å². The van der Waals surface area contributed by atoms with Crippen LogP contribution in [0, 0.1) is 5.92 Å². The molecule has 1 aliphatic rings.